The predicted molar refractivity (Wildman–Crippen MR) is 102 cm³/mol. The van der Waals surface area contributed by atoms with Crippen LogP contribution < -0.4 is 0 Å². The Morgan fingerprint density at radius 2 is 2.23 bits per heavy atom. The smallest absolute Gasteiger partial charge is 0.277 e. The van der Waals surface area contributed by atoms with Crippen LogP contribution in [0.5, 0.6) is 0 Å². The number of nitrogens with one attached hydrogen (secondary N) is 1. The molecule has 26 heavy (non-hydrogen) atoms. The number of fused-ring (bicyclic) bond motifs is 1. The minimum absolute atomic E-state index is 0.161. The van der Waals surface area contributed by atoms with Crippen LogP contribution in [0.2, 0.25) is 0 Å². The average Bonchev–Trinajstić information content (AvgIpc) is 3.32. The summed E-state index contributed by atoms with van der Waals surface area (Å²) in [6.07, 6.45) is 6.31. The van der Waals surface area contributed by atoms with Crippen molar-refractivity contribution < 1.29 is 9.21 Å². The third-order valence-electron chi connectivity index (χ3n) is 4.96. The van der Waals surface area contributed by atoms with Crippen LogP contribution in [0.4, 0.5) is 0 Å². The van der Waals surface area contributed by atoms with E-state index in [1.807, 2.05) is 35.4 Å². The van der Waals surface area contributed by atoms with Crippen molar-refractivity contribution in [3.05, 3.63) is 30.5 Å². The first kappa shape index (κ1) is 17.1. The maximum Gasteiger partial charge on any atom is 0.277 e. The Morgan fingerprint density at radius 3 is 3.12 bits per heavy atom. The summed E-state index contributed by atoms with van der Waals surface area (Å²) in [7, 11) is 0. The maximum absolute atomic E-state index is 12.6. The molecule has 1 aliphatic rings. The number of aromatic nitrogens is 3. The standard InChI is InChI=1S/C19H22N4O2S/c1-2-13-7-5-6-10-23(13)17(24)12-26-19-22-21-18(25-19)15-11-20-16-9-4-3-8-14(15)16/h3-4,8-9,11,13,20H,2,5-7,10,12H2,1H3/t13-/m1/s1. The van der Waals surface area contributed by atoms with Gasteiger partial charge in [0.15, 0.2) is 0 Å². The van der Waals surface area contributed by atoms with Gasteiger partial charge in [0, 0.05) is 29.7 Å². The van der Waals surface area contributed by atoms with E-state index in [1.165, 1.54) is 18.2 Å². The molecule has 1 atom stereocenters. The number of piperidine rings is 1. The SMILES string of the molecule is CC[C@@H]1CCCCN1C(=O)CSc1nnc(-c2c[nH]c3ccccc23)o1. The zero-order valence-electron chi connectivity index (χ0n) is 14.8. The van der Waals surface area contributed by atoms with Crippen LogP contribution in [-0.4, -0.2) is 44.3 Å². The predicted octanol–water partition coefficient (Wildman–Crippen LogP) is 4.10. The number of carbonyl (C=O) groups is 1. The summed E-state index contributed by atoms with van der Waals surface area (Å²) in [5.41, 5.74) is 1.91. The molecule has 0 unspecified atom stereocenters. The minimum Gasteiger partial charge on any atom is -0.411 e. The fourth-order valence-corrected chi connectivity index (χ4v) is 4.23. The largest absolute Gasteiger partial charge is 0.411 e. The molecule has 1 fully saturated rings. The number of para-hydroxylation sites is 1. The number of benzene rings is 1. The Labute approximate surface area is 156 Å². The molecule has 1 aliphatic heterocycles. The highest BCUT2D eigenvalue weighted by Gasteiger charge is 2.25. The third kappa shape index (κ3) is 3.35. The van der Waals surface area contributed by atoms with Gasteiger partial charge < -0.3 is 14.3 Å². The molecule has 6 nitrogen and oxygen atoms in total. The molecule has 1 aromatic carbocycles. The summed E-state index contributed by atoms with van der Waals surface area (Å²) in [5, 5.41) is 9.72. The number of thioether (sulfide) groups is 1. The van der Waals surface area contributed by atoms with Gasteiger partial charge in [-0.2, -0.15) is 0 Å². The van der Waals surface area contributed by atoms with Crippen molar-refractivity contribution in [3.8, 4) is 11.5 Å². The molecule has 0 aliphatic carbocycles. The van der Waals surface area contributed by atoms with Crippen molar-refractivity contribution in [1.82, 2.24) is 20.1 Å². The second-order valence-corrected chi connectivity index (χ2v) is 7.48. The summed E-state index contributed by atoms with van der Waals surface area (Å²) in [5.74, 6) is 0.974. The highest BCUT2D eigenvalue weighted by atomic mass is 32.2. The minimum atomic E-state index is 0.161. The van der Waals surface area contributed by atoms with Crippen molar-refractivity contribution in [2.45, 2.75) is 43.9 Å². The van der Waals surface area contributed by atoms with E-state index in [-0.39, 0.29) is 5.91 Å². The Hall–Kier alpha value is -2.28. The van der Waals surface area contributed by atoms with E-state index in [0.29, 0.717) is 22.9 Å². The number of H-pyrrole nitrogens is 1. The molecular weight excluding hydrogens is 348 g/mol. The fraction of sp³-hybridized carbons (Fsp3) is 0.421. The van der Waals surface area contributed by atoms with E-state index in [0.717, 1.165) is 42.3 Å². The molecule has 0 saturated carbocycles. The number of nitrogens with zero attached hydrogens (tertiary/aromatic N) is 3. The zero-order valence-corrected chi connectivity index (χ0v) is 15.6. The third-order valence-corrected chi connectivity index (χ3v) is 5.77. The first-order chi connectivity index (χ1) is 12.8. The lowest BCUT2D eigenvalue weighted by Crippen LogP contribution is -2.44. The van der Waals surface area contributed by atoms with Crippen LogP contribution in [0.3, 0.4) is 0 Å². The van der Waals surface area contributed by atoms with Gasteiger partial charge >= 0.3 is 0 Å². The molecule has 0 radical (unpaired) electrons. The van der Waals surface area contributed by atoms with Gasteiger partial charge in [-0.25, -0.2) is 0 Å². The molecule has 1 amide bonds. The maximum atomic E-state index is 12.6. The lowest BCUT2D eigenvalue weighted by Gasteiger charge is -2.35. The first-order valence-electron chi connectivity index (χ1n) is 9.08. The number of amides is 1. The van der Waals surface area contributed by atoms with Crippen LogP contribution in [0, 0.1) is 0 Å². The quantitative estimate of drug-likeness (QED) is 0.684. The van der Waals surface area contributed by atoms with Crippen LogP contribution >= 0.6 is 11.8 Å². The molecule has 0 bridgehead atoms. The van der Waals surface area contributed by atoms with Crippen LogP contribution in [0.25, 0.3) is 22.4 Å². The van der Waals surface area contributed by atoms with Gasteiger partial charge in [0.25, 0.3) is 11.1 Å². The Balaban J connectivity index is 1.43. The highest BCUT2D eigenvalue weighted by molar-refractivity contribution is 7.99. The topological polar surface area (TPSA) is 75.0 Å². The number of rotatable bonds is 5. The number of aromatic amines is 1. The van der Waals surface area contributed by atoms with Crippen molar-refractivity contribution in [2.75, 3.05) is 12.3 Å². The molecule has 1 saturated heterocycles. The summed E-state index contributed by atoms with van der Waals surface area (Å²) < 4.78 is 5.78. The Bertz CT molecular complexity index is 904. The van der Waals surface area contributed by atoms with Gasteiger partial charge in [0.1, 0.15) is 0 Å². The molecule has 0 spiro atoms. The Morgan fingerprint density at radius 1 is 1.35 bits per heavy atom. The normalized spacial score (nSPS) is 17.7. The number of likely N-dealkylation sites (tertiary alicyclic amines) is 1. The first-order valence-corrected chi connectivity index (χ1v) is 10.1. The molecule has 3 aromatic rings. The monoisotopic (exact) mass is 370 g/mol. The van der Waals surface area contributed by atoms with E-state index >= 15 is 0 Å². The van der Waals surface area contributed by atoms with E-state index in [9.17, 15) is 4.79 Å². The van der Waals surface area contributed by atoms with Gasteiger partial charge in [0.05, 0.1) is 11.3 Å². The lowest BCUT2D eigenvalue weighted by atomic mass is 10.0. The molecule has 7 heteroatoms. The van der Waals surface area contributed by atoms with Crippen LogP contribution in [0.1, 0.15) is 32.6 Å². The van der Waals surface area contributed by atoms with Gasteiger partial charge in [-0.05, 0) is 31.7 Å². The van der Waals surface area contributed by atoms with Crippen molar-refractivity contribution in [1.29, 1.82) is 0 Å². The van der Waals surface area contributed by atoms with Gasteiger partial charge in [-0.1, -0.05) is 36.9 Å². The lowest BCUT2D eigenvalue weighted by molar-refractivity contribution is -0.132. The van der Waals surface area contributed by atoms with E-state index in [1.54, 1.807) is 0 Å². The zero-order chi connectivity index (χ0) is 17.9. The van der Waals surface area contributed by atoms with Gasteiger partial charge in [0.2, 0.25) is 5.91 Å². The second-order valence-electron chi connectivity index (χ2n) is 6.55. The van der Waals surface area contributed by atoms with Gasteiger partial charge in [-0.3, -0.25) is 4.79 Å². The van der Waals surface area contributed by atoms with Crippen LogP contribution in [0.15, 0.2) is 40.1 Å². The van der Waals surface area contributed by atoms with Gasteiger partial charge in [-0.15, -0.1) is 10.2 Å². The van der Waals surface area contributed by atoms with E-state index in [2.05, 4.69) is 22.1 Å². The number of carbonyl (C=O) groups excluding carboxylic acids is 1. The molecule has 2 aromatic heterocycles. The molecule has 136 valence electrons. The van der Waals surface area contributed by atoms with Crippen molar-refractivity contribution >= 4 is 28.6 Å². The Kier molecular flexibility index (Phi) is 4.97. The molecule has 1 N–H and O–H groups in total. The second kappa shape index (κ2) is 7.53. The summed E-state index contributed by atoms with van der Waals surface area (Å²) in [6.45, 7) is 3.01. The number of hydrogen-bond acceptors (Lipinski definition) is 5. The summed E-state index contributed by atoms with van der Waals surface area (Å²) >= 11 is 1.32. The van der Waals surface area contributed by atoms with E-state index in [4.69, 9.17) is 4.42 Å². The van der Waals surface area contributed by atoms with Crippen molar-refractivity contribution in [2.24, 2.45) is 0 Å². The van der Waals surface area contributed by atoms with E-state index < -0.39 is 0 Å². The fourth-order valence-electron chi connectivity index (χ4n) is 3.59. The molecule has 4 rings (SSSR count). The van der Waals surface area contributed by atoms with Crippen molar-refractivity contribution in [3.63, 3.8) is 0 Å². The molecular formula is C19H22N4O2S. The average molecular weight is 370 g/mol. The molecule has 3 heterocycles. The summed E-state index contributed by atoms with van der Waals surface area (Å²) in [4.78, 5) is 17.8. The highest BCUT2D eigenvalue weighted by Crippen LogP contribution is 2.30. The summed E-state index contributed by atoms with van der Waals surface area (Å²) in [6, 6.07) is 8.36. The number of hydrogen-bond donors (Lipinski definition) is 1. The van der Waals surface area contributed by atoms with Crippen LogP contribution in [-0.2, 0) is 4.79 Å².